The molecule has 2 aliphatic carbocycles. The molecule has 9 heteroatoms. The van der Waals surface area contributed by atoms with Crippen molar-refractivity contribution >= 4 is 11.9 Å². The number of carboxylic acids is 1. The minimum Gasteiger partial charge on any atom is -0.481 e. The lowest BCUT2D eigenvalue weighted by molar-refractivity contribution is -0.150. The maximum Gasteiger partial charge on any atom is 0.435 e. The molecule has 0 aromatic carbocycles. The van der Waals surface area contributed by atoms with E-state index in [1.165, 1.54) is 7.05 Å². The first-order chi connectivity index (χ1) is 11.1. The van der Waals surface area contributed by atoms with Gasteiger partial charge in [0.1, 0.15) is 0 Å². The SMILES string of the molecule is Cn1cc(CC(=O)NC2CC3CCC2(C(=O)O)C3)c(C(F)(F)F)n1. The van der Waals surface area contributed by atoms with Crippen LogP contribution in [-0.2, 0) is 29.2 Å². The largest absolute Gasteiger partial charge is 0.481 e. The van der Waals surface area contributed by atoms with Gasteiger partial charge in [0.05, 0.1) is 11.8 Å². The number of fused-ring (bicyclic) bond motifs is 2. The standard InChI is InChI=1S/C15H18F3N3O3/c1-21-7-9(12(20-21)15(16,17)18)5-11(22)19-10-4-8-2-3-14(10,6-8)13(23)24/h7-8,10H,2-6H2,1H3,(H,19,22)(H,23,24). The number of hydrogen-bond donors (Lipinski definition) is 2. The molecule has 0 aliphatic heterocycles. The Balaban J connectivity index is 1.72. The zero-order valence-corrected chi connectivity index (χ0v) is 13.1. The second-order valence-corrected chi connectivity index (χ2v) is 6.78. The average Bonchev–Trinajstić information content (AvgIpc) is 3.11. The Morgan fingerprint density at radius 1 is 1.50 bits per heavy atom. The van der Waals surface area contributed by atoms with Crippen molar-refractivity contribution in [3.8, 4) is 0 Å². The molecule has 2 fully saturated rings. The number of aryl methyl sites for hydroxylation is 1. The molecule has 3 atom stereocenters. The number of carboxylic acid groups (broad SMARTS) is 1. The Hall–Kier alpha value is -2.06. The van der Waals surface area contributed by atoms with Gasteiger partial charge < -0.3 is 10.4 Å². The number of amides is 1. The summed E-state index contributed by atoms with van der Waals surface area (Å²) in [7, 11) is 1.35. The molecule has 2 N–H and O–H groups in total. The van der Waals surface area contributed by atoms with Crippen molar-refractivity contribution in [2.75, 3.05) is 0 Å². The van der Waals surface area contributed by atoms with E-state index < -0.39 is 41.6 Å². The number of nitrogens with zero attached hydrogens (tertiary/aromatic N) is 2. The molecule has 24 heavy (non-hydrogen) atoms. The lowest BCUT2D eigenvalue weighted by Gasteiger charge is -2.31. The van der Waals surface area contributed by atoms with Crippen molar-refractivity contribution in [3.05, 3.63) is 17.5 Å². The lowest BCUT2D eigenvalue weighted by Crippen LogP contribution is -2.49. The second-order valence-electron chi connectivity index (χ2n) is 6.78. The highest BCUT2D eigenvalue weighted by Crippen LogP contribution is 2.54. The van der Waals surface area contributed by atoms with Crippen LogP contribution in [0.1, 0.15) is 36.9 Å². The summed E-state index contributed by atoms with van der Waals surface area (Å²) in [5.41, 5.74) is -2.27. The highest BCUT2D eigenvalue weighted by atomic mass is 19.4. The highest BCUT2D eigenvalue weighted by molar-refractivity contribution is 5.82. The van der Waals surface area contributed by atoms with Crippen LogP contribution in [0.5, 0.6) is 0 Å². The van der Waals surface area contributed by atoms with Gasteiger partial charge >= 0.3 is 12.1 Å². The first kappa shape index (κ1) is 16.8. The molecule has 0 spiro atoms. The van der Waals surface area contributed by atoms with Crippen molar-refractivity contribution in [2.24, 2.45) is 18.4 Å². The maximum atomic E-state index is 12.9. The first-order valence-electron chi connectivity index (χ1n) is 7.74. The van der Waals surface area contributed by atoms with E-state index in [0.29, 0.717) is 19.3 Å². The molecule has 1 heterocycles. The van der Waals surface area contributed by atoms with Gasteiger partial charge in [0.25, 0.3) is 0 Å². The first-order valence-corrected chi connectivity index (χ1v) is 7.74. The van der Waals surface area contributed by atoms with Crippen molar-refractivity contribution in [1.29, 1.82) is 0 Å². The van der Waals surface area contributed by atoms with E-state index in [9.17, 15) is 27.9 Å². The van der Waals surface area contributed by atoms with Crippen LogP contribution >= 0.6 is 0 Å². The van der Waals surface area contributed by atoms with E-state index in [1.54, 1.807) is 0 Å². The third-order valence-electron chi connectivity index (χ3n) is 5.17. The van der Waals surface area contributed by atoms with Gasteiger partial charge in [-0.05, 0) is 31.6 Å². The number of halogens is 3. The molecule has 6 nitrogen and oxygen atoms in total. The Bertz CT molecular complexity index is 685. The number of hydrogen-bond acceptors (Lipinski definition) is 3. The number of alkyl halides is 3. The zero-order valence-electron chi connectivity index (χ0n) is 13.1. The molecule has 0 radical (unpaired) electrons. The molecule has 2 saturated carbocycles. The van der Waals surface area contributed by atoms with Crippen LogP contribution in [0, 0.1) is 11.3 Å². The maximum absolute atomic E-state index is 12.9. The minimum absolute atomic E-state index is 0.213. The summed E-state index contributed by atoms with van der Waals surface area (Å²) < 4.78 is 39.8. The number of nitrogens with one attached hydrogen (secondary N) is 1. The summed E-state index contributed by atoms with van der Waals surface area (Å²) in [5.74, 6) is -1.28. The monoisotopic (exact) mass is 345 g/mol. The van der Waals surface area contributed by atoms with Gasteiger partial charge in [0.15, 0.2) is 5.69 Å². The van der Waals surface area contributed by atoms with Gasteiger partial charge in [-0.2, -0.15) is 18.3 Å². The minimum atomic E-state index is -4.63. The summed E-state index contributed by atoms with van der Waals surface area (Å²) in [6.07, 6.45) is -1.54. The van der Waals surface area contributed by atoms with E-state index in [2.05, 4.69) is 10.4 Å². The quantitative estimate of drug-likeness (QED) is 0.871. The molecule has 1 aromatic rings. The normalized spacial score (nSPS) is 29.0. The summed E-state index contributed by atoms with van der Waals surface area (Å²) in [5, 5.41) is 15.5. The number of rotatable bonds is 4. The summed E-state index contributed by atoms with van der Waals surface area (Å²) >= 11 is 0. The van der Waals surface area contributed by atoms with Crippen LogP contribution in [0.25, 0.3) is 0 Å². The Labute approximate surface area is 136 Å². The second kappa shape index (κ2) is 5.49. The van der Waals surface area contributed by atoms with Gasteiger partial charge in [0.2, 0.25) is 5.91 Å². The van der Waals surface area contributed by atoms with Gasteiger partial charge in [-0.1, -0.05) is 0 Å². The highest BCUT2D eigenvalue weighted by Gasteiger charge is 2.57. The van der Waals surface area contributed by atoms with Crippen LogP contribution in [-0.4, -0.2) is 32.8 Å². The van der Waals surface area contributed by atoms with Crippen molar-refractivity contribution in [2.45, 2.75) is 44.3 Å². The van der Waals surface area contributed by atoms with Gasteiger partial charge in [0, 0.05) is 24.8 Å². The molecule has 132 valence electrons. The zero-order chi connectivity index (χ0) is 17.7. The number of aliphatic carboxylic acids is 1. The van der Waals surface area contributed by atoms with Crippen LogP contribution in [0.2, 0.25) is 0 Å². The molecular weight excluding hydrogens is 327 g/mol. The van der Waals surface area contributed by atoms with Gasteiger partial charge in [-0.3, -0.25) is 14.3 Å². The Morgan fingerprint density at radius 3 is 2.79 bits per heavy atom. The molecule has 2 bridgehead atoms. The Morgan fingerprint density at radius 2 is 2.21 bits per heavy atom. The molecule has 3 rings (SSSR count). The van der Waals surface area contributed by atoms with Gasteiger partial charge in [-0.15, -0.1) is 0 Å². The van der Waals surface area contributed by atoms with E-state index in [-0.39, 0.29) is 11.5 Å². The topological polar surface area (TPSA) is 84.2 Å². The summed E-state index contributed by atoms with van der Waals surface area (Å²) in [6, 6.07) is -0.521. The fourth-order valence-corrected chi connectivity index (χ4v) is 4.12. The number of aromatic nitrogens is 2. The smallest absolute Gasteiger partial charge is 0.435 e. The Kier molecular flexibility index (Phi) is 3.84. The van der Waals surface area contributed by atoms with Crippen LogP contribution < -0.4 is 5.32 Å². The molecule has 1 amide bonds. The van der Waals surface area contributed by atoms with E-state index in [1.807, 2.05) is 0 Å². The van der Waals surface area contributed by atoms with Crippen molar-refractivity contribution in [3.63, 3.8) is 0 Å². The fraction of sp³-hybridized carbons (Fsp3) is 0.667. The molecular formula is C15H18F3N3O3. The molecule has 3 unspecified atom stereocenters. The summed E-state index contributed by atoms with van der Waals surface area (Å²) in [4.78, 5) is 23.8. The third kappa shape index (κ3) is 2.76. The van der Waals surface area contributed by atoms with Crippen LogP contribution in [0.4, 0.5) is 13.2 Å². The summed E-state index contributed by atoms with van der Waals surface area (Å²) in [6.45, 7) is 0. The van der Waals surface area contributed by atoms with E-state index in [0.717, 1.165) is 17.3 Å². The van der Waals surface area contributed by atoms with Crippen molar-refractivity contribution in [1.82, 2.24) is 15.1 Å². The molecule has 1 aromatic heterocycles. The van der Waals surface area contributed by atoms with Crippen LogP contribution in [0.15, 0.2) is 6.20 Å². The predicted octanol–water partition coefficient (Wildman–Crippen LogP) is 1.74. The average molecular weight is 345 g/mol. The van der Waals surface area contributed by atoms with Gasteiger partial charge in [-0.25, -0.2) is 0 Å². The molecule has 2 aliphatic rings. The van der Waals surface area contributed by atoms with E-state index in [4.69, 9.17) is 0 Å². The lowest BCUT2D eigenvalue weighted by atomic mass is 9.80. The predicted molar refractivity (Wildman–Crippen MR) is 75.9 cm³/mol. The number of carbonyl (C=O) groups excluding carboxylic acids is 1. The van der Waals surface area contributed by atoms with Crippen molar-refractivity contribution < 1.29 is 27.9 Å². The molecule has 0 saturated heterocycles. The van der Waals surface area contributed by atoms with Crippen LogP contribution in [0.3, 0.4) is 0 Å². The fourth-order valence-electron chi connectivity index (χ4n) is 4.12. The third-order valence-corrected chi connectivity index (χ3v) is 5.17. The van der Waals surface area contributed by atoms with E-state index >= 15 is 0 Å². The number of carbonyl (C=O) groups is 2.